The van der Waals surface area contributed by atoms with E-state index in [-0.39, 0.29) is 30.8 Å². The maximum atomic E-state index is 13.7. The van der Waals surface area contributed by atoms with Crippen molar-refractivity contribution in [3.63, 3.8) is 0 Å². The van der Waals surface area contributed by atoms with Crippen molar-refractivity contribution < 1.29 is 22.8 Å². The Morgan fingerprint density at radius 2 is 1.77 bits per heavy atom. The third-order valence-corrected chi connectivity index (χ3v) is 4.62. The molecule has 0 aliphatic carbocycles. The van der Waals surface area contributed by atoms with Crippen LogP contribution in [0.4, 0.5) is 13.2 Å². The summed E-state index contributed by atoms with van der Waals surface area (Å²) in [5, 5.41) is 1.55. The normalized spacial score (nSPS) is 9.90. The molecular weight excluding hydrogens is 431 g/mol. The molecule has 1 heterocycles. The number of para-hydroxylation sites is 1. The number of amides is 2. The maximum Gasteiger partial charge on any atom is 0.222 e. The molecule has 0 spiro atoms. The summed E-state index contributed by atoms with van der Waals surface area (Å²) >= 11 is 6.11. The Balaban J connectivity index is 0.000000884. The Labute approximate surface area is 184 Å². The van der Waals surface area contributed by atoms with Gasteiger partial charge in [0.05, 0.1) is 10.5 Å². The second-order valence-corrected chi connectivity index (χ2v) is 6.60. The van der Waals surface area contributed by atoms with Crippen molar-refractivity contribution >= 4 is 34.8 Å². The van der Waals surface area contributed by atoms with Gasteiger partial charge in [0.1, 0.15) is 0 Å². The topological polar surface area (TPSA) is 79.2 Å². The van der Waals surface area contributed by atoms with Crippen molar-refractivity contribution in [1.82, 2.24) is 9.88 Å². The molecule has 0 saturated heterocycles. The first kappa shape index (κ1) is 26.0. The monoisotopic (exact) mass is 455 g/mol. The van der Waals surface area contributed by atoms with Gasteiger partial charge in [0.2, 0.25) is 12.3 Å². The number of H-pyrrole nitrogens is 1. The highest BCUT2D eigenvalue weighted by Gasteiger charge is 2.17. The minimum Gasteiger partial charge on any atom is -0.372 e. The van der Waals surface area contributed by atoms with Crippen LogP contribution >= 0.6 is 11.6 Å². The average molecular weight is 456 g/mol. The summed E-state index contributed by atoms with van der Waals surface area (Å²) in [4.78, 5) is 25.3. The zero-order valence-corrected chi connectivity index (χ0v) is 18.3. The van der Waals surface area contributed by atoms with E-state index in [1.807, 2.05) is 26.0 Å². The van der Waals surface area contributed by atoms with E-state index in [0.29, 0.717) is 11.4 Å². The summed E-state index contributed by atoms with van der Waals surface area (Å²) in [5.41, 5.74) is 5.86. The number of primary amides is 1. The van der Waals surface area contributed by atoms with Crippen molar-refractivity contribution in [2.75, 3.05) is 7.05 Å². The van der Waals surface area contributed by atoms with Gasteiger partial charge in [-0.2, -0.15) is 0 Å². The standard InChI is InChI=1S/C19H16ClF3N2O.C2H6.CH3NO/c1-25(10-12-5-7-15(21)18(23)17(12)22)16(26)8-6-11-9-24-19-13(11)3-2-4-14(19)20;1-2;2-1-3/h2-5,7,9,24H,6,8,10H2,1H3;1-2H3;1H,(H2,2,3). The lowest BCUT2D eigenvalue weighted by atomic mass is 10.1. The number of nitrogens with one attached hydrogen (secondary N) is 1. The Hall–Kier alpha value is -3.00. The third-order valence-electron chi connectivity index (χ3n) is 4.31. The molecule has 0 aliphatic heterocycles. The molecule has 2 aromatic carbocycles. The molecule has 0 atom stereocenters. The van der Waals surface area contributed by atoms with Gasteiger partial charge >= 0.3 is 0 Å². The van der Waals surface area contributed by atoms with Crippen LogP contribution < -0.4 is 5.73 Å². The number of rotatable bonds is 5. The van der Waals surface area contributed by atoms with Gasteiger partial charge in [-0.15, -0.1) is 0 Å². The molecule has 5 nitrogen and oxygen atoms in total. The number of nitrogens with zero attached hydrogens (tertiary/aromatic N) is 1. The van der Waals surface area contributed by atoms with E-state index in [1.54, 1.807) is 12.3 Å². The summed E-state index contributed by atoms with van der Waals surface area (Å²) in [6.07, 6.45) is 2.73. The van der Waals surface area contributed by atoms with Crippen molar-refractivity contribution in [3.8, 4) is 0 Å². The zero-order valence-electron chi connectivity index (χ0n) is 17.5. The fourth-order valence-corrected chi connectivity index (χ4v) is 3.08. The number of nitrogens with two attached hydrogens (primary N) is 1. The largest absolute Gasteiger partial charge is 0.372 e. The summed E-state index contributed by atoms with van der Waals surface area (Å²) in [6.45, 7) is 3.86. The van der Waals surface area contributed by atoms with Crippen LogP contribution in [-0.2, 0) is 22.6 Å². The second kappa shape index (κ2) is 12.6. The molecule has 0 unspecified atom stereocenters. The van der Waals surface area contributed by atoms with Crippen LogP contribution in [0.2, 0.25) is 5.02 Å². The number of aryl methyl sites for hydroxylation is 1. The van der Waals surface area contributed by atoms with Gasteiger partial charge in [0.25, 0.3) is 0 Å². The number of hydrogen-bond donors (Lipinski definition) is 2. The summed E-state index contributed by atoms with van der Waals surface area (Å²) < 4.78 is 40.0. The van der Waals surface area contributed by atoms with Crippen molar-refractivity contribution in [2.45, 2.75) is 33.2 Å². The second-order valence-electron chi connectivity index (χ2n) is 6.20. The van der Waals surface area contributed by atoms with Crippen LogP contribution in [0.3, 0.4) is 0 Å². The van der Waals surface area contributed by atoms with E-state index in [9.17, 15) is 18.0 Å². The van der Waals surface area contributed by atoms with Gasteiger partial charge < -0.3 is 15.6 Å². The Morgan fingerprint density at radius 1 is 1.13 bits per heavy atom. The number of fused-ring (bicyclic) bond motifs is 1. The molecule has 0 aliphatic rings. The maximum absolute atomic E-state index is 13.7. The molecule has 1 aromatic heterocycles. The summed E-state index contributed by atoms with van der Waals surface area (Å²) in [7, 11) is 1.50. The van der Waals surface area contributed by atoms with E-state index in [1.165, 1.54) is 11.9 Å². The highest BCUT2D eigenvalue weighted by atomic mass is 35.5. The van der Waals surface area contributed by atoms with Crippen LogP contribution in [0, 0.1) is 17.5 Å². The number of benzene rings is 2. The Bertz CT molecular complexity index is 1020. The minimum atomic E-state index is -1.53. The molecule has 3 aromatic rings. The van der Waals surface area contributed by atoms with Gasteiger partial charge in [0.15, 0.2) is 17.5 Å². The first-order chi connectivity index (χ1) is 14.8. The number of halogens is 4. The predicted molar refractivity (Wildman–Crippen MR) is 116 cm³/mol. The van der Waals surface area contributed by atoms with Crippen molar-refractivity contribution in [3.05, 3.63) is 70.1 Å². The molecule has 0 fully saturated rings. The van der Waals surface area contributed by atoms with Crippen LogP contribution in [0.5, 0.6) is 0 Å². The van der Waals surface area contributed by atoms with E-state index >= 15 is 0 Å². The van der Waals surface area contributed by atoms with Crippen LogP contribution in [0.25, 0.3) is 10.9 Å². The molecule has 3 rings (SSSR count). The van der Waals surface area contributed by atoms with Gasteiger partial charge in [-0.05, 0) is 24.1 Å². The van der Waals surface area contributed by atoms with Gasteiger partial charge in [-0.3, -0.25) is 9.59 Å². The quantitative estimate of drug-likeness (QED) is 0.421. The SMILES string of the molecule is CC.CN(Cc1ccc(F)c(F)c1F)C(=O)CCc1c[nH]c2c(Cl)cccc12.NC=O. The Kier molecular flexibility index (Phi) is 10.6. The van der Waals surface area contributed by atoms with Gasteiger partial charge in [0, 0.05) is 37.2 Å². The van der Waals surface area contributed by atoms with E-state index in [4.69, 9.17) is 16.4 Å². The fourth-order valence-electron chi connectivity index (χ4n) is 2.85. The number of carbonyl (C=O) groups excluding carboxylic acids is 2. The average Bonchev–Trinajstić information content (AvgIpc) is 3.19. The van der Waals surface area contributed by atoms with E-state index in [2.05, 4.69) is 10.7 Å². The van der Waals surface area contributed by atoms with Crippen LogP contribution in [-0.4, -0.2) is 29.2 Å². The lowest BCUT2D eigenvalue weighted by molar-refractivity contribution is -0.130. The third kappa shape index (κ3) is 6.75. The number of aromatic nitrogens is 1. The molecule has 9 heteroatoms. The van der Waals surface area contributed by atoms with Gasteiger partial charge in [-0.25, -0.2) is 13.2 Å². The molecule has 31 heavy (non-hydrogen) atoms. The highest BCUT2D eigenvalue weighted by Crippen LogP contribution is 2.26. The van der Waals surface area contributed by atoms with Crippen LogP contribution in [0.15, 0.2) is 36.5 Å². The summed E-state index contributed by atoms with van der Waals surface area (Å²) in [5.74, 6) is -4.28. The van der Waals surface area contributed by atoms with E-state index in [0.717, 1.165) is 28.6 Å². The molecule has 3 N–H and O–H groups in total. The molecule has 0 radical (unpaired) electrons. The summed E-state index contributed by atoms with van der Waals surface area (Å²) in [6, 6.07) is 7.51. The fraction of sp³-hybridized carbons (Fsp3) is 0.273. The van der Waals surface area contributed by atoms with Crippen LogP contribution in [0.1, 0.15) is 31.4 Å². The van der Waals surface area contributed by atoms with E-state index < -0.39 is 17.5 Å². The number of carbonyl (C=O) groups is 2. The lowest BCUT2D eigenvalue weighted by Crippen LogP contribution is -2.27. The molecule has 2 amide bonds. The Morgan fingerprint density at radius 3 is 2.42 bits per heavy atom. The minimum absolute atomic E-state index is 0.0707. The first-order valence-electron chi connectivity index (χ1n) is 9.56. The lowest BCUT2D eigenvalue weighted by Gasteiger charge is -2.18. The van der Waals surface area contributed by atoms with Gasteiger partial charge in [-0.1, -0.05) is 43.6 Å². The number of aromatic amines is 1. The molecule has 0 saturated carbocycles. The molecule has 168 valence electrons. The molecular formula is C22H25ClF3N3O2. The zero-order chi connectivity index (χ0) is 23.6. The molecule has 0 bridgehead atoms. The van der Waals surface area contributed by atoms with Crippen molar-refractivity contribution in [1.29, 1.82) is 0 Å². The van der Waals surface area contributed by atoms with Crippen molar-refractivity contribution in [2.24, 2.45) is 5.73 Å². The first-order valence-corrected chi connectivity index (χ1v) is 9.94. The highest BCUT2D eigenvalue weighted by molar-refractivity contribution is 6.35. The predicted octanol–water partition coefficient (Wildman–Crippen LogP) is 4.96. The smallest absolute Gasteiger partial charge is 0.222 e. The number of hydrogen-bond acceptors (Lipinski definition) is 2.